The van der Waals surface area contributed by atoms with Crippen LogP contribution in [0.2, 0.25) is 0 Å². The Morgan fingerprint density at radius 1 is 0.375 bits per heavy atom. The minimum Gasteiger partial charge on any atom is -0.311 e. The molecule has 10 aromatic carbocycles. The molecule has 13 rings (SSSR count). The average molecular weight is 920 g/mol. The lowest BCUT2D eigenvalue weighted by atomic mass is 9.33. The molecule has 6 heteroatoms. The predicted molar refractivity (Wildman–Crippen MR) is 299 cm³/mol. The van der Waals surface area contributed by atoms with Crippen LogP contribution >= 0.6 is 0 Å². The van der Waals surface area contributed by atoms with Gasteiger partial charge >= 0.3 is 0 Å². The van der Waals surface area contributed by atoms with Crippen LogP contribution in [0.4, 0.5) is 34.1 Å². The van der Waals surface area contributed by atoms with Crippen molar-refractivity contribution in [1.29, 1.82) is 10.5 Å². The summed E-state index contributed by atoms with van der Waals surface area (Å²) in [7, 11) is 0. The van der Waals surface area contributed by atoms with Crippen LogP contribution in [0.1, 0.15) is 37.5 Å². The number of nitrogens with zero attached hydrogens (tertiary/aromatic N) is 5. The Morgan fingerprint density at radius 3 is 1.31 bits per heavy atom. The third kappa shape index (κ3) is 6.91. The fraction of sp³-hybridized carbons (Fsp3) is 0.0606. The second kappa shape index (κ2) is 16.7. The highest BCUT2D eigenvalue weighted by atomic mass is 15.2. The van der Waals surface area contributed by atoms with Crippen LogP contribution < -0.4 is 26.2 Å². The molecule has 2 aliphatic rings. The van der Waals surface area contributed by atoms with Gasteiger partial charge in [-0.15, -0.1) is 0 Å². The molecule has 0 amide bonds. The minimum atomic E-state index is -0.195. The number of fused-ring (bicyclic) bond motifs is 7. The molecule has 0 saturated heterocycles. The van der Waals surface area contributed by atoms with Crippen molar-refractivity contribution in [2.45, 2.75) is 26.2 Å². The Bertz CT molecular complexity index is 3960. The molecule has 0 atom stereocenters. The van der Waals surface area contributed by atoms with Gasteiger partial charge in [0.05, 0.1) is 34.3 Å². The van der Waals surface area contributed by atoms with E-state index in [2.05, 4.69) is 235 Å². The van der Waals surface area contributed by atoms with Gasteiger partial charge in [0.15, 0.2) is 0 Å². The molecule has 1 aromatic heterocycles. The molecule has 72 heavy (non-hydrogen) atoms. The van der Waals surface area contributed by atoms with E-state index in [0.29, 0.717) is 11.1 Å². The van der Waals surface area contributed by atoms with Gasteiger partial charge in [-0.2, -0.15) is 10.5 Å². The van der Waals surface area contributed by atoms with Gasteiger partial charge in [0.2, 0.25) is 0 Å². The summed E-state index contributed by atoms with van der Waals surface area (Å²) in [4.78, 5) is 5.00. The van der Waals surface area contributed by atoms with Crippen LogP contribution in [0.25, 0.3) is 60.9 Å². The highest BCUT2D eigenvalue weighted by Crippen LogP contribution is 2.48. The first-order chi connectivity index (χ1) is 35.2. The minimum absolute atomic E-state index is 0.124. The summed E-state index contributed by atoms with van der Waals surface area (Å²) < 4.78 is 2.29. The molecule has 0 radical (unpaired) electrons. The Balaban J connectivity index is 1.11. The van der Waals surface area contributed by atoms with Gasteiger partial charge in [0.1, 0.15) is 0 Å². The summed E-state index contributed by atoms with van der Waals surface area (Å²) in [5, 5.41) is 21.9. The third-order valence-electron chi connectivity index (χ3n) is 14.8. The zero-order chi connectivity index (χ0) is 48.7. The molecule has 338 valence electrons. The Labute approximate surface area is 420 Å². The Morgan fingerprint density at radius 2 is 0.819 bits per heavy atom. The van der Waals surface area contributed by atoms with Crippen molar-refractivity contribution < 1.29 is 0 Å². The molecule has 0 bridgehead atoms. The topological polar surface area (TPSA) is 59.0 Å². The fourth-order valence-corrected chi connectivity index (χ4v) is 11.2. The van der Waals surface area contributed by atoms with Crippen LogP contribution in [-0.2, 0) is 5.41 Å². The van der Waals surface area contributed by atoms with Gasteiger partial charge in [0, 0.05) is 50.6 Å². The maximum absolute atomic E-state index is 10.0. The molecule has 0 aliphatic carbocycles. The van der Waals surface area contributed by atoms with E-state index in [1.165, 1.54) is 55.5 Å². The van der Waals surface area contributed by atoms with Gasteiger partial charge in [-0.05, 0) is 152 Å². The molecule has 0 unspecified atom stereocenters. The first-order valence-electron chi connectivity index (χ1n) is 24.6. The van der Waals surface area contributed by atoms with E-state index in [0.717, 1.165) is 61.5 Å². The number of hydrogen-bond acceptors (Lipinski definition) is 4. The van der Waals surface area contributed by atoms with Gasteiger partial charge in [-0.1, -0.05) is 154 Å². The second-order valence-corrected chi connectivity index (χ2v) is 20.0. The summed E-state index contributed by atoms with van der Waals surface area (Å²) in [6.07, 6.45) is 0. The quantitative estimate of drug-likeness (QED) is 0.156. The van der Waals surface area contributed by atoms with Crippen molar-refractivity contribution in [1.82, 2.24) is 4.57 Å². The van der Waals surface area contributed by atoms with Crippen LogP contribution in [0.15, 0.2) is 224 Å². The number of benzene rings is 10. The molecule has 0 spiro atoms. The highest BCUT2D eigenvalue weighted by Gasteiger charge is 2.44. The van der Waals surface area contributed by atoms with Crippen molar-refractivity contribution in [3.05, 3.63) is 241 Å². The molecule has 3 heterocycles. The van der Waals surface area contributed by atoms with E-state index < -0.39 is 0 Å². The van der Waals surface area contributed by atoms with Crippen LogP contribution in [0.5, 0.6) is 0 Å². The maximum Gasteiger partial charge on any atom is 0.252 e. The largest absolute Gasteiger partial charge is 0.311 e. The van der Waals surface area contributed by atoms with Crippen molar-refractivity contribution in [3.63, 3.8) is 0 Å². The molecule has 2 aliphatic heterocycles. The second-order valence-electron chi connectivity index (χ2n) is 20.0. The summed E-state index contributed by atoms with van der Waals surface area (Å²) >= 11 is 0. The molecule has 0 saturated carbocycles. The number of nitriles is 2. The Kier molecular flexibility index (Phi) is 9.89. The number of rotatable bonds is 6. The molecule has 5 nitrogen and oxygen atoms in total. The maximum atomic E-state index is 10.0. The SMILES string of the molecule is CC(C)(C)c1cc2c3c(c1)N(c1ccc(-c4ccccc4)cc1)c1cc(-n4c5ccc(C#N)cc5c5cc(C#N)ccc54)ccc1B3c1cc(-c3ccccc3)ccc1N2c1ccc(-c2ccccc2)cc1. The van der Waals surface area contributed by atoms with Crippen LogP contribution in [0.3, 0.4) is 0 Å². The molecule has 0 N–H and O–H groups in total. The van der Waals surface area contributed by atoms with Crippen LogP contribution in [0, 0.1) is 22.7 Å². The predicted octanol–water partition coefficient (Wildman–Crippen LogP) is 14.9. The van der Waals surface area contributed by atoms with Crippen LogP contribution in [-0.4, -0.2) is 11.3 Å². The number of hydrogen-bond donors (Lipinski definition) is 0. The van der Waals surface area contributed by atoms with Crippen molar-refractivity contribution in [2.24, 2.45) is 0 Å². The zero-order valence-electron chi connectivity index (χ0n) is 40.2. The first kappa shape index (κ1) is 42.7. The summed E-state index contributed by atoms with van der Waals surface area (Å²) in [6, 6.07) is 85.3. The van der Waals surface area contributed by atoms with E-state index >= 15 is 0 Å². The zero-order valence-corrected chi connectivity index (χ0v) is 40.2. The monoisotopic (exact) mass is 919 g/mol. The lowest BCUT2D eigenvalue weighted by molar-refractivity contribution is 0.590. The lowest BCUT2D eigenvalue weighted by Crippen LogP contribution is -2.61. The van der Waals surface area contributed by atoms with Gasteiger partial charge in [-0.25, -0.2) is 0 Å². The molecular formula is C66H46BN5. The molecule has 0 fully saturated rings. The standard InChI is InChI=1S/C66H46BN5/c1-66(2,3)51-38-63-65-64(39-51)71(53-28-23-49(24-29-53)46-15-9-5-10-16-46)62-40-54(72-59-32-19-43(41-68)35-55(59)56-36-44(42-69)20-33-60(56)72)30-31-57(62)67(65)58-37-50(47-17-11-6-12-18-47)25-34-61(58)70(63)52-26-21-48(22-27-52)45-13-7-4-8-14-45/h4-40H,1-3H3. The normalized spacial score (nSPS) is 12.5. The van der Waals surface area contributed by atoms with E-state index in [-0.39, 0.29) is 12.1 Å². The summed E-state index contributed by atoms with van der Waals surface area (Å²) in [5.74, 6) is 0. The highest BCUT2D eigenvalue weighted by molar-refractivity contribution is 7.00. The first-order valence-corrected chi connectivity index (χ1v) is 24.6. The van der Waals surface area contributed by atoms with E-state index in [9.17, 15) is 10.5 Å². The molecule has 11 aromatic rings. The van der Waals surface area contributed by atoms with Gasteiger partial charge in [-0.3, -0.25) is 0 Å². The average Bonchev–Trinajstić information content (AvgIpc) is 3.76. The number of aromatic nitrogens is 1. The number of anilines is 6. The van der Waals surface area contributed by atoms with E-state index in [4.69, 9.17) is 0 Å². The van der Waals surface area contributed by atoms with Crippen molar-refractivity contribution in [3.8, 4) is 51.2 Å². The Hall–Kier alpha value is -9.36. The van der Waals surface area contributed by atoms with Gasteiger partial charge < -0.3 is 14.4 Å². The third-order valence-corrected chi connectivity index (χ3v) is 14.8. The summed E-state index contributed by atoms with van der Waals surface area (Å²) in [5.41, 5.74) is 22.5. The fourth-order valence-electron chi connectivity index (χ4n) is 11.2. The molecular weight excluding hydrogens is 874 g/mol. The summed E-state index contributed by atoms with van der Waals surface area (Å²) in [6.45, 7) is 6.81. The van der Waals surface area contributed by atoms with E-state index in [1.807, 2.05) is 36.4 Å². The van der Waals surface area contributed by atoms with Crippen molar-refractivity contribution in [2.75, 3.05) is 9.80 Å². The van der Waals surface area contributed by atoms with E-state index in [1.54, 1.807) is 0 Å². The van der Waals surface area contributed by atoms with Crippen molar-refractivity contribution >= 4 is 79.0 Å². The lowest BCUT2D eigenvalue weighted by Gasteiger charge is -2.45. The smallest absolute Gasteiger partial charge is 0.252 e. The van der Waals surface area contributed by atoms with Gasteiger partial charge in [0.25, 0.3) is 6.71 Å².